The van der Waals surface area contributed by atoms with Crippen molar-refractivity contribution in [3.8, 4) is 0 Å². The molecule has 0 saturated heterocycles. The largest absolute Gasteiger partial charge is 0.319 e. The van der Waals surface area contributed by atoms with Gasteiger partial charge in [-0.1, -0.05) is 0 Å². The van der Waals surface area contributed by atoms with E-state index in [1.807, 2.05) is 7.05 Å². The normalized spacial score (nSPS) is 20.2. The fraction of sp³-hybridized carbons (Fsp3) is 0.727. The third kappa shape index (κ3) is 3.26. The van der Waals surface area contributed by atoms with E-state index in [1.165, 1.54) is 17.6 Å². The van der Waals surface area contributed by atoms with Gasteiger partial charge < -0.3 is 5.32 Å². The smallest absolute Gasteiger partial charge is 0.153 e. The Hall–Kier alpha value is -0.460. The van der Waals surface area contributed by atoms with Crippen LogP contribution in [0, 0.1) is 0 Å². The molecule has 1 N–H and O–H groups in total. The number of fused-ring (bicyclic) bond motifs is 1. The molecule has 4 nitrogen and oxygen atoms in total. The number of likely N-dealkylation sites (N-methyl/N-ethyl adjacent to an activating group) is 1. The first-order valence-corrected chi connectivity index (χ1v) is 8.68. The van der Waals surface area contributed by atoms with Crippen LogP contribution >= 0.6 is 11.3 Å². The number of hydrogen-bond donors (Lipinski definition) is 1. The summed E-state index contributed by atoms with van der Waals surface area (Å²) in [4.78, 5) is 5.82. The number of rotatable bonds is 4. The van der Waals surface area contributed by atoms with Crippen molar-refractivity contribution in [1.82, 2.24) is 10.3 Å². The van der Waals surface area contributed by atoms with Crippen LogP contribution in [0.2, 0.25) is 0 Å². The number of aryl methyl sites for hydroxylation is 1. The Morgan fingerprint density at radius 1 is 1.53 bits per heavy atom. The zero-order valence-corrected chi connectivity index (χ0v) is 11.8. The van der Waals surface area contributed by atoms with Crippen LogP contribution in [-0.2, 0) is 22.0 Å². The number of nitrogens with one attached hydrogen (secondary N) is 1. The van der Waals surface area contributed by atoms with Gasteiger partial charge in [0.1, 0.15) is 10.8 Å². The lowest BCUT2D eigenvalue weighted by Gasteiger charge is -2.20. The summed E-state index contributed by atoms with van der Waals surface area (Å²) in [6, 6.07) is 0. The monoisotopic (exact) mass is 274 g/mol. The highest BCUT2D eigenvalue weighted by atomic mass is 32.2. The highest BCUT2D eigenvalue weighted by molar-refractivity contribution is 7.90. The Bertz CT molecular complexity index is 494. The van der Waals surface area contributed by atoms with E-state index in [0.29, 0.717) is 5.92 Å². The van der Waals surface area contributed by atoms with E-state index < -0.39 is 9.84 Å². The van der Waals surface area contributed by atoms with Crippen molar-refractivity contribution in [2.24, 2.45) is 0 Å². The summed E-state index contributed by atoms with van der Waals surface area (Å²) in [5, 5.41) is 3.93. The lowest BCUT2D eigenvalue weighted by Crippen LogP contribution is -2.21. The van der Waals surface area contributed by atoms with Crippen LogP contribution in [-0.4, -0.2) is 33.2 Å². The van der Waals surface area contributed by atoms with E-state index in [9.17, 15) is 8.42 Å². The van der Waals surface area contributed by atoms with E-state index in [-0.39, 0.29) is 5.75 Å². The lowest BCUT2D eigenvalue weighted by molar-refractivity contribution is 0.522. The molecule has 17 heavy (non-hydrogen) atoms. The second-order valence-corrected chi connectivity index (χ2v) is 7.94. The first-order valence-electron chi connectivity index (χ1n) is 5.80. The first-order chi connectivity index (χ1) is 7.99. The molecule has 2 rings (SSSR count). The molecule has 0 saturated carbocycles. The van der Waals surface area contributed by atoms with E-state index in [4.69, 9.17) is 0 Å². The molecular weight excluding hydrogens is 256 g/mol. The van der Waals surface area contributed by atoms with Crippen molar-refractivity contribution in [2.75, 3.05) is 19.8 Å². The van der Waals surface area contributed by atoms with E-state index in [2.05, 4.69) is 10.3 Å². The van der Waals surface area contributed by atoms with Gasteiger partial charge in [0.15, 0.2) is 9.84 Å². The van der Waals surface area contributed by atoms with Crippen LogP contribution in [0.4, 0.5) is 0 Å². The molecule has 1 aromatic rings. The quantitative estimate of drug-likeness (QED) is 0.900. The standard InChI is InChI=1S/C11H18N2O2S2/c1-12-6-8-4-3-5-9-11(8)13-10(16-9)7-17(2,14)15/h8,12H,3-7H2,1-2H3. The molecule has 1 aliphatic rings. The average molecular weight is 274 g/mol. The van der Waals surface area contributed by atoms with Crippen LogP contribution in [0.15, 0.2) is 0 Å². The Morgan fingerprint density at radius 3 is 2.94 bits per heavy atom. The van der Waals surface area contributed by atoms with E-state index in [1.54, 1.807) is 11.3 Å². The maximum Gasteiger partial charge on any atom is 0.153 e. The molecule has 0 aromatic carbocycles. The Kier molecular flexibility index (Phi) is 3.85. The van der Waals surface area contributed by atoms with Crippen molar-refractivity contribution in [3.05, 3.63) is 15.6 Å². The summed E-state index contributed by atoms with van der Waals surface area (Å²) < 4.78 is 22.6. The highest BCUT2D eigenvalue weighted by Crippen LogP contribution is 2.34. The predicted octanol–water partition coefficient (Wildman–Crippen LogP) is 1.33. The minimum absolute atomic E-state index is 0.0803. The zero-order chi connectivity index (χ0) is 12.5. The second-order valence-electron chi connectivity index (χ2n) is 4.63. The summed E-state index contributed by atoms with van der Waals surface area (Å²) in [7, 11) is -1.03. The fourth-order valence-electron chi connectivity index (χ4n) is 2.29. The molecule has 0 bridgehead atoms. The number of hydrogen-bond acceptors (Lipinski definition) is 5. The molecule has 1 aromatic heterocycles. The van der Waals surface area contributed by atoms with Crippen LogP contribution in [0.1, 0.15) is 34.3 Å². The Morgan fingerprint density at radius 2 is 2.29 bits per heavy atom. The van der Waals surface area contributed by atoms with Crippen molar-refractivity contribution in [3.63, 3.8) is 0 Å². The highest BCUT2D eigenvalue weighted by Gasteiger charge is 2.24. The molecule has 1 atom stereocenters. The van der Waals surface area contributed by atoms with Crippen molar-refractivity contribution in [2.45, 2.75) is 30.9 Å². The van der Waals surface area contributed by atoms with Gasteiger partial charge in [-0.2, -0.15) is 0 Å². The second kappa shape index (κ2) is 5.04. The van der Waals surface area contributed by atoms with Gasteiger partial charge in [-0.25, -0.2) is 13.4 Å². The van der Waals surface area contributed by atoms with Gasteiger partial charge >= 0.3 is 0 Å². The van der Waals surface area contributed by atoms with E-state index in [0.717, 1.165) is 30.1 Å². The lowest BCUT2D eigenvalue weighted by atomic mass is 9.91. The zero-order valence-electron chi connectivity index (χ0n) is 10.2. The molecule has 0 spiro atoms. The van der Waals surface area contributed by atoms with Crippen molar-refractivity contribution >= 4 is 21.2 Å². The molecule has 1 heterocycles. The van der Waals surface area contributed by atoms with Crippen molar-refractivity contribution in [1.29, 1.82) is 0 Å². The molecule has 96 valence electrons. The van der Waals surface area contributed by atoms with Crippen LogP contribution < -0.4 is 5.32 Å². The predicted molar refractivity (Wildman–Crippen MR) is 70.3 cm³/mol. The Labute approximate surface area is 106 Å². The first kappa shape index (κ1) is 13.0. The minimum Gasteiger partial charge on any atom is -0.319 e. The van der Waals surface area contributed by atoms with Gasteiger partial charge in [-0.3, -0.25) is 0 Å². The van der Waals surface area contributed by atoms with Gasteiger partial charge in [0.25, 0.3) is 0 Å². The number of nitrogens with zero attached hydrogens (tertiary/aromatic N) is 1. The van der Waals surface area contributed by atoms with Crippen LogP contribution in [0.3, 0.4) is 0 Å². The van der Waals surface area contributed by atoms with Gasteiger partial charge in [-0.05, 0) is 26.3 Å². The number of thiazole rings is 1. The summed E-state index contributed by atoms with van der Waals surface area (Å²) in [6.07, 6.45) is 4.64. The molecule has 0 fully saturated rings. The minimum atomic E-state index is -2.97. The molecule has 0 amide bonds. The average Bonchev–Trinajstić information content (AvgIpc) is 2.58. The Balaban J connectivity index is 2.24. The van der Waals surface area contributed by atoms with Gasteiger partial charge in [-0.15, -0.1) is 11.3 Å². The molecule has 6 heteroatoms. The molecule has 0 radical (unpaired) electrons. The fourth-order valence-corrected chi connectivity index (χ4v) is 4.67. The molecule has 0 aliphatic heterocycles. The SMILES string of the molecule is CNCC1CCCc2sc(CS(C)(=O)=O)nc21. The summed E-state index contributed by atoms with van der Waals surface area (Å²) in [5.41, 5.74) is 1.13. The summed E-state index contributed by atoms with van der Waals surface area (Å²) >= 11 is 1.57. The maximum atomic E-state index is 11.3. The number of aromatic nitrogens is 1. The molecular formula is C11H18N2O2S2. The third-order valence-electron chi connectivity index (χ3n) is 2.95. The summed E-state index contributed by atoms with van der Waals surface area (Å²) in [5.74, 6) is 0.532. The number of sulfone groups is 1. The molecule has 1 aliphatic carbocycles. The van der Waals surface area contributed by atoms with Crippen molar-refractivity contribution < 1.29 is 8.42 Å². The third-order valence-corrected chi connectivity index (χ3v) is 5.06. The summed E-state index contributed by atoms with van der Waals surface area (Å²) in [6.45, 7) is 0.926. The van der Waals surface area contributed by atoms with Crippen LogP contribution in [0.25, 0.3) is 0 Å². The van der Waals surface area contributed by atoms with Gasteiger partial charge in [0, 0.05) is 23.6 Å². The molecule has 1 unspecified atom stereocenters. The maximum absolute atomic E-state index is 11.3. The van der Waals surface area contributed by atoms with Gasteiger partial charge in [0.2, 0.25) is 0 Å². The van der Waals surface area contributed by atoms with Gasteiger partial charge in [0.05, 0.1) is 5.69 Å². The van der Waals surface area contributed by atoms with E-state index >= 15 is 0 Å². The topological polar surface area (TPSA) is 59.1 Å². The van der Waals surface area contributed by atoms with Crippen LogP contribution in [0.5, 0.6) is 0 Å².